The van der Waals surface area contributed by atoms with Crippen molar-refractivity contribution in [3.05, 3.63) is 42.5 Å². The zero-order valence-electron chi connectivity index (χ0n) is 10.5. The smallest absolute Gasteiger partial charge is 0.258 e. The van der Waals surface area contributed by atoms with Crippen molar-refractivity contribution in [1.29, 1.82) is 0 Å². The lowest BCUT2D eigenvalue weighted by atomic mass is 10.2. The molecular formula is C14H8N2O4S. The van der Waals surface area contributed by atoms with E-state index in [0.29, 0.717) is 4.90 Å². The van der Waals surface area contributed by atoms with Gasteiger partial charge in [-0.25, -0.2) is 9.80 Å². The van der Waals surface area contributed by atoms with Crippen molar-refractivity contribution in [2.24, 2.45) is 0 Å². The van der Waals surface area contributed by atoms with Gasteiger partial charge in [-0.2, -0.15) is 0 Å². The maximum atomic E-state index is 11.7. The number of anilines is 2. The Balaban J connectivity index is 2.05. The zero-order valence-corrected chi connectivity index (χ0v) is 11.4. The first-order valence-electron chi connectivity index (χ1n) is 5.94. The molecule has 2 heterocycles. The number of thiol groups is 1. The number of hydrogen-bond donors (Lipinski definition) is 1. The van der Waals surface area contributed by atoms with Crippen molar-refractivity contribution in [2.75, 3.05) is 9.80 Å². The summed E-state index contributed by atoms with van der Waals surface area (Å²) in [5.41, 5.74) is 0.499. The molecule has 2 aliphatic heterocycles. The van der Waals surface area contributed by atoms with Gasteiger partial charge in [0.2, 0.25) is 0 Å². The van der Waals surface area contributed by atoms with Gasteiger partial charge in [-0.15, -0.1) is 12.6 Å². The van der Waals surface area contributed by atoms with Crippen LogP contribution in [-0.4, -0.2) is 23.6 Å². The molecule has 0 aromatic heterocycles. The fourth-order valence-corrected chi connectivity index (χ4v) is 2.36. The summed E-state index contributed by atoms with van der Waals surface area (Å²) in [6.07, 6.45) is 4.61. The maximum absolute atomic E-state index is 11.7. The van der Waals surface area contributed by atoms with E-state index in [4.69, 9.17) is 0 Å². The van der Waals surface area contributed by atoms with Gasteiger partial charge in [-0.05, 0) is 18.2 Å². The molecule has 21 heavy (non-hydrogen) atoms. The Labute approximate surface area is 124 Å². The van der Waals surface area contributed by atoms with Gasteiger partial charge in [0, 0.05) is 29.2 Å². The lowest BCUT2D eigenvalue weighted by Crippen LogP contribution is -2.32. The van der Waals surface area contributed by atoms with Crippen LogP contribution in [0.4, 0.5) is 11.4 Å². The van der Waals surface area contributed by atoms with Gasteiger partial charge in [0.15, 0.2) is 0 Å². The monoisotopic (exact) mass is 300 g/mol. The Bertz CT molecular complexity index is 730. The Morgan fingerprint density at radius 2 is 1.19 bits per heavy atom. The Kier molecular flexibility index (Phi) is 2.99. The molecule has 0 aliphatic carbocycles. The van der Waals surface area contributed by atoms with Gasteiger partial charge in [0.05, 0.1) is 11.4 Å². The quantitative estimate of drug-likeness (QED) is 0.648. The second-order valence-electron chi connectivity index (χ2n) is 4.36. The van der Waals surface area contributed by atoms with Gasteiger partial charge >= 0.3 is 0 Å². The van der Waals surface area contributed by atoms with Crippen molar-refractivity contribution in [2.45, 2.75) is 4.90 Å². The number of nitrogens with zero attached hydrogens (tertiary/aromatic N) is 2. The lowest BCUT2D eigenvalue weighted by molar-refractivity contribution is -0.121. The van der Waals surface area contributed by atoms with Crippen molar-refractivity contribution >= 4 is 47.6 Å². The Morgan fingerprint density at radius 1 is 0.714 bits per heavy atom. The van der Waals surface area contributed by atoms with Crippen LogP contribution in [0.25, 0.3) is 0 Å². The number of benzene rings is 1. The second kappa shape index (κ2) is 4.71. The third-order valence-corrected chi connectivity index (χ3v) is 3.45. The van der Waals surface area contributed by atoms with E-state index in [0.717, 1.165) is 34.1 Å². The minimum Gasteiger partial charge on any atom is -0.269 e. The first-order valence-corrected chi connectivity index (χ1v) is 6.39. The highest BCUT2D eigenvalue weighted by Crippen LogP contribution is 2.32. The average molecular weight is 300 g/mol. The first kappa shape index (κ1) is 13.3. The number of carbonyl (C=O) groups is 4. The van der Waals surface area contributed by atoms with Crippen molar-refractivity contribution in [1.82, 2.24) is 0 Å². The molecule has 104 valence electrons. The van der Waals surface area contributed by atoms with Crippen molar-refractivity contribution in [3.63, 3.8) is 0 Å². The first-order chi connectivity index (χ1) is 9.99. The number of amides is 4. The number of imide groups is 2. The zero-order chi connectivity index (χ0) is 15.1. The molecule has 0 radical (unpaired) electrons. The molecule has 7 heteroatoms. The molecule has 0 saturated carbocycles. The number of rotatable bonds is 2. The summed E-state index contributed by atoms with van der Waals surface area (Å²) in [4.78, 5) is 49.1. The molecule has 0 fully saturated rings. The topological polar surface area (TPSA) is 74.8 Å². The highest BCUT2D eigenvalue weighted by Gasteiger charge is 2.30. The van der Waals surface area contributed by atoms with E-state index < -0.39 is 23.6 Å². The average Bonchev–Trinajstić information content (AvgIpc) is 2.95. The van der Waals surface area contributed by atoms with Gasteiger partial charge in [0.25, 0.3) is 23.6 Å². The van der Waals surface area contributed by atoms with E-state index in [9.17, 15) is 19.2 Å². The molecular weight excluding hydrogens is 292 g/mol. The van der Waals surface area contributed by atoms with Crippen LogP contribution in [0.2, 0.25) is 0 Å². The standard InChI is InChI=1S/C14H8N2O4S/c17-11-3-4-12(18)15(11)8-1-2-10(21)9(7-8)16-13(19)5-6-14(16)20/h1-7,21H. The van der Waals surface area contributed by atoms with Gasteiger partial charge in [-0.3, -0.25) is 19.2 Å². The molecule has 6 nitrogen and oxygen atoms in total. The molecule has 0 unspecified atom stereocenters. The van der Waals surface area contributed by atoms with Crippen LogP contribution in [0.15, 0.2) is 47.4 Å². The Hall–Kier alpha value is -2.67. The summed E-state index contributed by atoms with van der Waals surface area (Å²) in [6.45, 7) is 0. The highest BCUT2D eigenvalue weighted by atomic mass is 32.1. The summed E-state index contributed by atoms with van der Waals surface area (Å²) in [6, 6.07) is 4.45. The van der Waals surface area contributed by atoms with E-state index in [2.05, 4.69) is 12.6 Å². The fourth-order valence-electron chi connectivity index (χ4n) is 2.12. The molecule has 4 amide bonds. The summed E-state index contributed by atoms with van der Waals surface area (Å²) in [5, 5.41) is 0. The van der Waals surface area contributed by atoms with Crippen LogP contribution < -0.4 is 9.80 Å². The van der Waals surface area contributed by atoms with Gasteiger partial charge in [-0.1, -0.05) is 0 Å². The van der Waals surface area contributed by atoms with E-state index in [1.165, 1.54) is 18.2 Å². The van der Waals surface area contributed by atoms with Crippen molar-refractivity contribution in [3.8, 4) is 0 Å². The predicted molar refractivity (Wildman–Crippen MR) is 77.0 cm³/mol. The highest BCUT2D eigenvalue weighted by molar-refractivity contribution is 7.80. The van der Waals surface area contributed by atoms with Crippen LogP contribution >= 0.6 is 12.6 Å². The Morgan fingerprint density at radius 3 is 1.71 bits per heavy atom. The van der Waals surface area contributed by atoms with Crippen molar-refractivity contribution < 1.29 is 19.2 Å². The van der Waals surface area contributed by atoms with E-state index in [-0.39, 0.29) is 11.4 Å². The summed E-state index contributed by atoms with van der Waals surface area (Å²) in [7, 11) is 0. The molecule has 1 aromatic rings. The van der Waals surface area contributed by atoms with E-state index >= 15 is 0 Å². The molecule has 0 spiro atoms. The molecule has 0 saturated heterocycles. The normalized spacial score (nSPS) is 17.6. The van der Waals surface area contributed by atoms with Crippen LogP contribution in [-0.2, 0) is 19.2 Å². The van der Waals surface area contributed by atoms with Crippen LogP contribution in [0.3, 0.4) is 0 Å². The summed E-state index contributed by atoms with van der Waals surface area (Å²) >= 11 is 4.21. The van der Waals surface area contributed by atoms with Crippen LogP contribution in [0.1, 0.15) is 0 Å². The molecule has 2 aliphatic rings. The second-order valence-corrected chi connectivity index (χ2v) is 4.85. The molecule has 0 bridgehead atoms. The predicted octanol–water partition coefficient (Wildman–Crippen LogP) is 0.834. The minimum atomic E-state index is -0.496. The van der Waals surface area contributed by atoms with E-state index in [1.54, 1.807) is 0 Å². The SMILES string of the molecule is O=C1C=CC(=O)N1c1ccc(S)c(N2C(=O)C=CC2=O)c1. The minimum absolute atomic E-state index is 0.225. The lowest BCUT2D eigenvalue weighted by Gasteiger charge is -2.20. The van der Waals surface area contributed by atoms with Gasteiger partial charge in [0.1, 0.15) is 0 Å². The molecule has 3 rings (SSSR count). The maximum Gasteiger partial charge on any atom is 0.258 e. The third-order valence-electron chi connectivity index (χ3n) is 3.08. The molecule has 1 aromatic carbocycles. The fraction of sp³-hybridized carbons (Fsp3) is 0. The number of carbonyl (C=O) groups excluding carboxylic acids is 4. The summed E-state index contributed by atoms with van der Waals surface area (Å²) in [5.74, 6) is -1.94. The molecule has 0 atom stereocenters. The molecule has 0 N–H and O–H groups in total. The van der Waals surface area contributed by atoms with Crippen LogP contribution in [0.5, 0.6) is 0 Å². The third kappa shape index (κ3) is 2.07. The summed E-state index contributed by atoms with van der Waals surface area (Å²) < 4.78 is 0. The van der Waals surface area contributed by atoms with Gasteiger partial charge < -0.3 is 0 Å². The van der Waals surface area contributed by atoms with Crippen LogP contribution in [0, 0.1) is 0 Å². The van der Waals surface area contributed by atoms with E-state index in [1.807, 2.05) is 0 Å². The number of hydrogen-bond acceptors (Lipinski definition) is 5. The largest absolute Gasteiger partial charge is 0.269 e.